The van der Waals surface area contributed by atoms with Gasteiger partial charge in [-0.05, 0) is 63.4 Å². The van der Waals surface area contributed by atoms with Crippen molar-refractivity contribution < 1.29 is 9.47 Å². The van der Waals surface area contributed by atoms with E-state index in [0.29, 0.717) is 0 Å². The van der Waals surface area contributed by atoms with E-state index in [2.05, 4.69) is 115 Å². The SMILES string of the molecule is S=P12c3ccc(-c4ccccc4)cc3Oc3cc(-c4ccccc4)cc(c31)Oc1ccc3ccccc3c12. The van der Waals surface area contributed by atoms with E-state index in [1.165, 1.54) is 5.39 Å². The van der Waals surface area contributed by atoms with E-state index in [1.54, 1.807) is 0 Å². The summed E-state index contributed by atoms with van der Waals surface area (Å²) >= 11 is 6.86. The highest BCUT2D eigenvalue weighted by atomic mass is 32.4. The summed E-state index contributed by atoms with van der Waals surface area (Å²) in [6.07, 6.45) is 0. The fraction of sp³-hybridized carbons (Fsp3) is 0. The number of fused-ring (bicyclic) bond motifs is 6. The minimum absolute atomic E-state index is 0.793. The Labute approximate surface area is 226 Å². The Morgan fingerprint density at radius 3 is 1.79 bits per heavy atom. The number of benzene rings is 6. The summed E-state index contributed by atoms with van der Waals surface area (Å²) in [5.41, 5.74) is 4.42. The van der Waals surface area contributed by atoms with Crippen LogP contribution in [-0.4, -0.2) is 0 Å². The number of ether oxygens (including phenoxy) is 2. The van der Waals surface area contributed by atoms with Crippen LogP contribution < -0.4 is 25.4 Å². The summed E-state index contributed by atoms with van der Waals surface area (Å²) in [6, 6.07) is 41.7. The van der Waals surface area contributed by atoms with Crippen LogP contribution in [0.2, 0.25) is 0 Å². The van der Waals surface area contributed by atoms with Gasteiger partial charge in [-0.1, -0.05) is 109 Å². The highest BCUT2D eigenvalue weighted by Gasteiger charge is 2.44. The first-order chi connectivity index (χ1) is 18.7. The quantitative estimate of drug-likeness (QED) is 0.213. The Kier molecular flexibility index (Phi) is 4.70. The summed E-state index contributed by atoms with van der Waals surface area (Å²) in [4.78, 5) is 0. The Balaban J connectivity index is 1.45. The van der Waals surface area contributed by atoms with Crippen molar-refractivity contribution in [3.05, 3.63) is 127 Å². The molecule has 4 heteroatoms. The molecule has 0 saturated carbocycles. The average Bonchev–Trinajstić information content (AvgIpc) is 2.97. The lowest BCUT2D eigenvalue weighted by Crippen LogP contribution is -2.35. The van der Waals surface area contributed by atoms with Gasteiger partial charge in [0.1, 0.15) is 23.0 Å². The first kappa shape index (κ1) is 21.9. The summed E-state index contributed by atoms with van der Waals surface area (Å²) in [7, 11) is 0. The van der Waals surface area contributed by atoms with Crippen LogP contribution in [0.1, 0.15) is 0 Å². The van der Waals surface area contributed by atoms with Crippen molar-refractivity contribution in [2.75, 3.05) is 0 Å². The second-order valence-corrected chi connectivity index (χ2v) is 13.9. The smallest absolute Gasteiger partial charge is 0.140 e. The molecule has 0 aromatic heterocycles. The van der Waals surface area contributed by atoms with E-state index in [1.807, 2.05) is 12.1 Å². The molecule has 0 aliphatic carbocycles. The van der Waals surface area contributed by atoms with E-state index in [-0.39, 0.29) is 0 Å². The molecule has 0 saturated heterocycles. The minimum Gasteiger partial charge on any atom is -0.456 e. The molecule has 1 atom stereocenters. The first-order valence-electron chi connectivity index (χ1n) is 12.6. The van der Waals surface area contributed by atoms with Crippen LogP contribution in [0.3, 0.4) is 0 Å². The van der Waals surface area contributed by atoms with Crippen molar-refractivity contribution in [3.8, 4) is 45.3 Å². The van der Waals surface area contributed by atoms with Gasteiger partial charge in [0.2, 0.25) is 0 Å². The molecule has 2 aliphatic heterocycles. The lowest BCUT2D eigenvalue weighted by molar-refractivity contribution is 0.467. The lowest BCUT2D eigenvalue weighted by Gasteiger charge is -2.38. The average molecular weight is 525 g/mol. The molecular weight excluding hydrogens is 503 g/mol. The molecule has 2 heterocycles. The molecule has 0 N–H and O–H groups in total. The van der Waals surface area contributed by atoms with Crippen LogP contribution in [0.15, 0.2) is 127 Å². The van der Waals surface area contributed by atoms with Crippen molar-refractivity contribution >= 4 is 44.5 Å². The van der Waals surface area contributed by atoms with Gasteiger partial charge >= 0.3 is 0 Å². The molecule has 2 aliphatic rings. The molecular formula is C34H21O2PS. The van der Waals surface area contributed by atoms with Crippen molar-refractivity contribution in [3.63, 3.8) is 0 Å². The van der Waals surface area contributed by atoms with Crippen molar-refractivity contribution in [1.29, 1.82) is 0 Å². The zero-order valence-corrected chi connectivity index (χ0v) is 22.0. The molecule has 1 unspecified atom stereocenters. The predicted molar refractivity (Wildman–Crippen MR) is 161 cm³/mol. The number of hydrogen-bond acceptors (Lipinski definition) is 3. The first-order valence-corrected chi connectivity index (χ1v) is 15.4. The van der Waals surface area contributed by atoms with Gasteiger partial charge in [-0.3, -0.25) is 0 Å². The molecule has 0 bridgehead atoms. The Bertz CT molecular complexity index is 1950. The molecule has 0 fully saturated rings. The third-order valence-electron chi connectivity index (χ3n) is 7.49. The topological polar surface area (TPSA) is 18.5 Å². The van der Waals surface area contributed by atoms with Crippen molar-refractivity contribution in [2.24, 2.45) is 0 Å². The second kappa shape index (κ2) is 8.16. The van der Waals surface area contributed by atoms with Crippen molar-refractivity contribution in [1.82, 2.24) is 0 Å². The van der Waals surface area contributed by atoms with E-state index in [9.17, 15) is 0 Å². The van der Waals surface area contributed by atoms with Crippen molar-refractivity contribution in [2.45, 2.75) is 0 Å². The van der Waals surface area contributed by atoms with Gasteiger partial charge in [-0.2, -0.15) is 0 Å². The van der Waals surface area contributed by atoms with Crippen LogP contribution in [0.25, 0.3) is 33.0 Å². The highest BCUT2D eigenvalue weighted by molar-refractivity contribution is 8.26. The highest BCUT2D eigenvalue weighted by Crippen LogP contribution is 2.60. The monoisotopic (exact) mass is 524 g/mol. The normalized spacial score (nSPS) is 16.5. The van der Waals surface area contributed by atoms with Gasteiger partial charge in [0.05, 0.1) is 11.3 Å². The van der Waals surface area contributed by atoms with E-state index in [0.717, 1.165) is 66.6 Å². The van der Waals surface area contributed by atoms with E-state index >= 15 is 0 Å². The van der Waals surface area contributed by atoms with Gasteiger partial charge in [0.15, 0.2) is 0 Å². The standard InChI is InChI=1S/C34H21O2PS/c38-37-32-18-16-25(22-9-3-1-4-10-22)19-29(32)36-31-21-26(23-11-5-2-6-12-23)20-30(34(31)37)35-28-17-15-24-13-7-8-14-27(24)33(28)37/h1-21H. The molecule has 0 radical (unpaired) electrons. The van der Waals surface area contributed by atoms with Gasteiger partial charge < -0.3 is 9.47 Å². The summed E-state index contributed by atoms with van der Waals surface area (Å²) in [5, 5.41) is 5.52. The number of rotatable bonds is 2. The Morgan fingerprint density at radius 2 is 1.05 bits per heavy atom. The van der Waals surface area contributed by atoms with Gasteiger partial charge in [0.25, 0.3) is 0 Å². The molecule has 0 spiro atoms. The molecule has 6 aromatic carbocycles. The Morgan fingerprint density at radius 1 is 0.447 bits per heavy atom. The third kappa shape index (κ3) is 3.10. The zero-order chi connectivity index (χ0) is 25.3. The molecule has 38 heavy (non-hydrogen) atoms. The molecule has 6 aromatic rings. The maximum absolute atomic E-state index is 6.86. The lowest BCUT2D eigenvalue weighted by atomic mass is 10.0. The number of hydrogen-bond donors (Lipinski definition) is 0. The maximum Gasteiger partial charge on any atom is 0.140 e. The summed E-state index contributed by atoms with van der Waals surface area (Å²) < 4.78 is 13.4. The zero-order valence-electron chi connectivity index (χ0n) is 20.3. The van der Waals surface area contributed by atoms with Crippen LogP contribution in [0, 0.1) is 0 Å². The Hall–Kier alpha value is -4.17. The van der Waals surface area contributed by atoms with Crippen LogP contribution in [0.5, 0.6) is 23.0 Å². The largest absolute Gasteiger partial charge is 0.456 e. The molecule has 180 valence electrons. The second-order valence-electron chi connectivity index (χ2n) is 9.68. The van der Waals surface area contributed by atoms with Gasteiger partial charge in [-0.15, -0.1) is 0 Å². The maximum atomic E-state index is 6.86. The minimum atomic E-state index is -2.50. The predicted octanol–water partition coefficient (Wildman–Crippen LogP) is 8.14. The van der Waals surface area contributed by atoms with Crippen LogP contribution in [-0.2, 0) is 11.8 Å². The van der Waals surface area contributed by atoms with Gasteiger partial charge in [0, 0.05) is 10.6 Å². The van der Waals surface area contributed by atoms with E-state index in [4.69, 9.17) is 21.3 Å². The van der Waals surface area contributed by atoms with Gasteiger partial charge in [-0.25, -0.2) is 0 Å². The van der Waals surface area contributed by atoms with Crippen LogP contribution >= 0.6 is 6.04 Å². The third-order valence-corrected chi connectivity index (χ3v) is 12.4. The molecule has 0 amide bonds. The summed E-state index contributed by atoms with van der Waals surface area (Å²) in [5.74, 6) is 3.26. The molecule has 2 nitrogen and oxygen atoms in total. The van der Waals surface area contributed by atoms with Crippen LogP contribution in [0.4, 0.5) is 0 Å². The fourth-order valence-corrected chi connectivity index (χ4v) is 10.5. The fourth-order valence-electron chi connectivity index (χ4n) is 5.74. The molecule has 8 rings (SSSR count). The van der Waals surface area contributed by atoms with E-state index < -0.39 is 6.04 Å². The summed E-state index contributed by atoms with van der Waals surface area (Å²) in [6.45, 7) is 0.